The van der Waals surface area contributed by atoms with Crippen LogP contribution in [0, 0.1) is 13.8 Å². The van der Waals surface area contributed by atoms with Gasteiger partial charge in [-0.15, -0.1) is 10.2 Å². The summed E-state index contributed by atoms with van der Waals surface area (Å²) in [4.78, 5) is 7.11. The predicted octanol–water partition coefficient (Wildman–Crippen LogP) is 2.74. The van der Waals surface area contributed by atoms with E-state index in [0.29, 0.717) is 6.04 Å². The summed E-state index contributed by atoms with van der Waals surface area (Å²) in [6.07, 6.45) is 7.77. The van der Waals surface area contributed by atoms with Gasteiger partial charge in [0.1, 0.15) is 12.7 Å². The van der Waals surface area contributed by atoms with Gasteiger partial charge in [-0.25, -0.2) is 4.68 Å². The summed E-state index contributed by atoms with van der Waals surface area (Å²) in [6, 6.07) is 8.89. The molecule has 4 rings (SSSR count). The van der Waals surface area contributed by atoms with Gasteiger partial charge in [0.2, 0.25) is 0 Å². The Labute approximate surface area is 141 Å². The summed E-state index contributed by atoms with van der Waals surface area (Å²) >= 11 is 0. The quantitative estimate of drug-likeness (QED) is 0.741. The Kier molecular flexibility index (Phi) is 3.90. The fourth-order valence-corrected chi connectivity index (χ4v) is 3.77. The van der Waals surface area contributed by atoms with Gasteiger partial charge in [0.05, 0.1) is 11.7 Å². The zero-order chi connectivity index (χ0) is 16.5. The predicted molar refractivity (Wildman–Crippen MR) is 91.3 cm³/mol. The van der Waals surface area contributed by atoms with Crippen LogP contribution in [0.4, 0.5) is 0 Å². The highest BCUT2D eigenvalue weighted by Crippen LogP contribution is 2.32. The Morgan fingerprint density at radius 3 is 2.75 bits per heavy atom. The number of aryl methyl sites for hydroxylation is 1. The molecule has 24 heavy (non-hydrogen) atoms. The number of hydrogen-bond donors (Lipinski definition) is 0. The van der Waals surface area contributed by atoms with Crippen LogP contribution >= 0.6 is 0 Å². The first-order chi connectivity index (χ1) is 11.7. The molecule has 0 radical (unpaired) electrons. The van der Waals surface area contributed by atoms with Crippen molar-refractivity contribution in [1.29, 1.82) is 0 Å². The molecule has 0 aromatic carbocycles. The first kappa shape index (κ1) is 15.1. The van der Waals surface area contributed by atoms with Crippen molar-refractivity contribution in [3.8, 4) is 0 Å². The molecule has 3 aromatic rings. The summed E-state index contributed by atoms with van der Waals surface area (Å²) in [5, 5.41) is 7.84. The van der Waals surface area contributed by atoms with Crippen molar-refractivity contribution in [2.24, 2.45) is 0 Å². The highest BCUT2D eigenvalue weighted by Gasteiger charge is 2.27. The van der Waals surface area contributed by atoms with E-state index in [-0.39, 0.29) is 0 Å². The number of rotatable bonds is 4. The first-order valence-electron chi connectivity index (χ1n) is 8.42. The van der Waals surface area contributed by atoms with Crippen LogP contribution in [0.5, 0.6) is 0 Å². The lowest BCUT2D eigenvalue weighted by Gasteiger charge is -2.24. The van der Waals surface area contributed by atoms with Crippen LogP contribution in [0.3, 0.4) is 0 Å². The molecule has 3 aromatic heterocycles. The van der Waals surface area contributed by atoms with Crippen LogP contribution in [0.25, 0.3) is 0 Å². The second-order valence-corrected chi connectivity index (χ2v) is 6.43. The molecule has 0 amide bonds. The maximum absolute atomic E-state index is 4.57. The van der Waals surface area contributed by atoms with Gasteiger partial charge in [-0.1, -0.05) is 6.07 Å². The first-order valence-corrected chi connectivity index (χ1v) is 8.42. The second-order valence-electron chi connectivity index (χ2n) is 6.43. The normalized spacial score (nSPS) is 18.3. The molecule has 0 unspecified atom stereocenters. The zero-order valence-corrected chi connectivity index (χ0v) is 14.1. The fourth-order valence-electron chi connectivity index (χ4n) is 3.77. The molecule has 1 fully saturated rings. The third kappa shape index (κ3) is 2.63. The molecule has 124 valence electrons. The minimum Gasteiger partial charge on any atom is -0.290 e. The van der Waals surface area contributed by atoms with E-state index in [9.17, 15) is 0 Å². The smallest absolute Gasteiger partial charge is 0.139 e. The lowest BCUT2D eigenvalue weighted by molar-refractivity contribution is 0.244. The maximum atomic E-state index is 4.57. The SMILES string of the molecule is Cc1cc(CN2CCC[C@@H]2c2ccccn2)c(C)n1-n1cnnc1. The van der Waals surface area contributed by atoms with Gasteiger partial charge in [0.15, 0.2) is 0 Å². The van der Waals surface area contributed by atoms with Gasteiger partial charge in [-0.2, -0.15) is 0 Å². The van der Waals surface area contributed by atoms with Crippen molar-refractivity contribution in [3.05, 3.63) is 65.8 Å². The molecule has 6 nitrogen and oxygen atoms in total. The number of pyridine rings is 1. The van der Waals surface area contributed by atoms with E-state index < -0.39 is 0 Å². The third-order valence-electron chi connectivity index (χ3n) is 4.90. The van der Waals surface area contributed by atoms with Gasteiger partial charge in [-0.3, -0.25) is 14.6 Å². The standard InChI is InChI=1S/C18H22N6/c1-14-10-16(15(2)24(14)23-12-20-21-13-23)11-22-9-5-7-18(22)17-6-3-4-8-19-17/h3-4,6,8,10,12-13,18H,5,7,9,11H2,1-2H3/t18-/m1/s1. The van der Waals surface area contributed by atoms with E-state index in [2.05, 4.69) is 56.8 Å². The minimum absolute atomic E-state index is 0.421. The van der Waals surface area contributed by atoms with Crippen molar-refractivity contribution < 1.29 is 0 Å². The molecule has 0 N–H and O–H groups in total. The molecule has 1 aliphatic rings. The van der Waals surface area contributed by atoms with E-state index in [4.69, 9.17) is 0 Å². The molecule has 1 atom stereocenters. The summed E-state index contributed by atoms with van der Waals surface area (Å²) in [5.74, 6) is 0. The Morgan fingerprint density at radius 1 is 1.17 bits per heavy atom. The molecule has 0 bridgehead atoms. The van der Waals surface area contributed by atoms with Crippen LogP contribution in [0.1, 0.15) is 41.5 Å². The van der Waals surface area contributed by atoms with Gasteiger partial charge in [0.25, 0.3) is 0 Å². The van der Waals surface area contributed by atoms with Crippen molar-refractivity contribution in [3.63, 3.8) is 0 Å². The van der Waals surface area contributed by atoms with Gasteiger partial charge in [-0.05, 0) is 57.0 Å². The minimum atomic E-state index is 0.421. The highest BCUT2D eigenvalue weighted by molar-refractivity contribution is 5.27. The lowest BCUT2D eigenvalue weighted by Crippen LogP contribution is -2.23. The van der Waals surface area contributed by atoms with Crippen molar-refractivity contribution in [2.45, 2.75) is 39.3 Å². The average molecular weight is 322 g/mol. The highest BCUT2D eigenvalue weighted by atomic mass is 15.5. The average Bonchev–Trinajstić information content (AvgIpc) is 3.31. The largest absolute Gasteiger partial charge is 0.290 e. The monoisotopic (exact) mass is 322 g/mol. The van der Waals surface area contributed by atoms with E-state index >= 15 is 0 Å². The van der Waals surface area contributed by atoms with E-state index in [1.165, 1.54) is 35.5 Å². The van der Waals surface area contributed by atoms with Crippen LogP contribution in [0.2, 0.25) is 0 Å². The molecule has 0 spiro atoms. The van der Waals surface area contributed by atoms with Crippen LogP contribution < -0.4 is 0 Å². The second kappa shape index (κ2) is 6.20. The van der Waals surface area contributed by atoms with Crippen molar-refractivity contribution >= 4 is 0 Å². The summed E-state index contributed by atoms with van der Waals surface area (Å²) in [7, 11) is 0. The molecule has 6 heteroatoms. The summed E-state index contributed by atoms with van der Waals surface area (Å²) in [6.45, 7) is 6.35. The molecule has 1 saturated heterocycles. The fraction of sp³-hybridized carbons (Fsp3) is 0.389. The van der Waals surface area contributed by atoms with Crippen molar-refractivity contribution in [1.82, 2.24) is 29.4 Å². The number of hydrogen-bond acceptors (Lipinski definition) is 4. The van der Waals surface area contributed by atoms with Gasteiger partial charge in [0, 0.05) is 24.1 Å². The van der Waals surface area contributed by atoms with E-state index in [0.717, 1.165) is 13.1 Å². The zero-order valence-electron chi connectivity index (χ0n) is 14.1. The lowest BCUT2D eigenvalue weighted by atomic mass is 10.1. The summed E-state index contributed by atoms with van der Waals surface area (Å²) in [5.41, 5.74) is 4.96. The maximum Gasteiger partial charge on any atom is 0.139 e. The molecular formula is C18H22N6. The molecular weight excluding hydrogens is 300 g/mol. The molecule has 0 aliphatic carbocycles. The van der Waals surface area contributed by atoms with Crippen LogP contribution in [-0.2, 0) is 6.54 Å². The van der Waals surface area contributed by atoms with Crippen LogP contribution in [-0.4, -0.2) is 36.0 Å². The topological polar surface area (TPSA) is 51.8 Å². The Morgan fingerprint density at radius 2 is 2.00 bits per heavy atom. The van der Waals surface area contributed by atoms with Gasteiger partial charge < -0.3 is 0 Å². The van der Waals surface area contributed by atoms with Crippen LogP contribution in [0.15, 0.2) is 43.1 Å². The number of likely N-dealkylation sites (tertiary alicyclic amines) is 1. The molecule has 4 heterocycles. The van der Waals surface area contributed by atoms with Crippen molar-refractivity contribution in [2.75, 3.05) is 6.54 Å². The number of nitrogens with zero attached hydrogens (tertiary/aromatic N) is 6. The molecule has 0 saturated carbocycles. The Hall–Kier alpha value is -2.47. The Balaban J connectivity index is 1.60. The van der Waals surface area contributed by atoms with E-state index in [1.54, 1.807) is 12.7 Å². The van der Waals surface area contributed by atoms with E-state index in [1.807, 2.05) is 16.9 Å². The number of aromatic nitrogens is 5. The molecule has 1 aliphatic heterocycles. The summed E-state index contributed by atoms with van der Waals surface area (Å²) < 4.78 is 4.08. The third-order valence-corrected chi connectivity index (χ3v) is 4.90. The van der Waals surface area contributed by atoms with Gasteiger partial charge >= 0.3 is 0 Å². The Bertz CT molecular complexity index is 806.